The van der Waals surface area contributed by atoms with E-state index in [9.17, 15) is 14.0 Å². The first-order valence-corrected chi connectivity index (χ1v) is 8.41. The molecular weight excluding hydrogens is 339 g/mol. The van der Waals surface area contributed by atoms with Gasteiger partial charge in [0.15, 0.2) is 11.6 Å². The molecule has 0 aliphatic carbocycles. The standard InChI is InChI=1S/C18H21FN4O3/c1-26-15-5-4-12(9-14(15)19)18(25)23-7-2-3-13(10-23)17-21-6-8-22(17)11-16(20)24/h4-6,8-9,13H,2-3,7,10-11H2,1H3,(H2,20,24)/t13-/m1/s1. The Morgan fingerprint density at radius 2 is 2.23 bits per heavy atom. The summed E-state index contributed by atoms with van der Waals surface area (Å²) in [6, 6.07) is 4.20. The highest BCUT2D eigenvalue weighted by molar-refractivity contribution is 5.94. The normalized spacial score (nSPS) is 17.2. The van der Waals surface area contributed by atoms with Gasteiger partial charge in [0.05, 0.1) is 7.11 Å². The van der Waals surface area contributed by atoms with Gasteiger partial charge >= 0.3 is 0 Å². The first-order valence-electron chi connectivity index (χ1n) is 8.41. The smallest absolute Gasteiger partial charge is 0.253 e. The zero-order valence-electron chi connectivity index (χ0n) is 14.5. The number of hydrogen-bond acceptors (Lipinski definition) is 4. The number of likely N-dealkylation sites (tertiary alicyclic amines) is 1. The van der Waals surface area contributed by atoms with Gasteiger partial charge in [-0.3, -0.25) is 9.59 Å². The van der Waals surface area contributed by atoms with Gasteiger partial charge in [0.1, 0.15) is 12.4 Å². The summed E-state index contributed by atoms with van der Waals surface area (Å²) < 4.78 is 20.5. The number of nitrogens with zero attached hydrogens (tertiary/aromatic N) is 3. The summed E-state index contributed by atoms with van der Waals surface area (Å²) in [7, 11) is 1.38. The third-order valence-corrected chi connectivity index (χ3v) is 4.55. The first kappa shape index (κ1) is 17.9. The van der Waals surface area contributed by atoms with Crippen LogP contribution in [0.1, 0.15) is 34.9 Å². The monoisotopic (exact) mass is 360 g/mol. The summed E-state index contributed by atoms with van der Waals surface area (Å²) in [5.41, 5.74) is 5.56. The van der Waals surface area contributed by atoms with E-state index in [0.717, 1.165) is 18.7 Å². The molecule has 1 aliphatic rings. The molecule has 1 saturated heterocycles. The lowest BCUT2D eigenvalue weighted by molar-refractivity contribution is -0.118. The second kappa shape index (κ2) is 7.55. The van der Waals surface area contributed by atoms with Gasteiger partial charge < -0.3 is 19.9 Å². The quantitative estimate of drug-likeness (QED) is 0.876. The van der Waals surface area contributed by atoms with Gasteiger partial charge in [-0.15, -0.1) is 0 Å². The Kier molecular flexibility index (Phi) is 5.20. The lowest BCUT2D eigenvalue weighted by Gasteiger charge is -2.32. The predicted molar refractivity (Wildman–Crippen MR) is 92.3 cm³/mol. The number of amides is 2. The molecule has 0 radical (unpaired) electrons. The predicted octanol–water partition coefficient (Wildman–Crippen LogP) is 1.54. The highest BCUT2D eigenvalue weighted by Crippen LogP contribution is 2.27. The van der Waals surface area contributed by atoms with Crippen LogP contribution in [0.4, 0.5) is 4.39 Å². The van der Waals surface area contributed by atoms with Crippen LogP contribution in [0.3, 0.4) is 0 Å². The van der Waals surface area contributed by atoms with Crippen molar-refractivity contribution >= 4 is 11.8 Å². The molecule has 0 spiro atoms. The van der Waals surface area contributed by atoms with Crippen molar-refractivity contribution in [3.63, 3.8) is 0 Å². The molecule has 8 heteroatoms. The number of aromatic nitrogens is 2. The number of halogens is 1. The molecule has 1 aromatic heterocycles. The highest BCUT2D eigenvalue weighted by Gasteiger charge is 2.28. The summed E-state index contributed by atoms with van der Waals surface area (Å²) in [4.78, 5) is 30.0. The number of imidazole rings is 1. The number of methoxy groups -OCH3 is 1. The number of rotatable bonds is 5. The fourth-order valence-corrected chi connectivity index (χ4v) is 3.34. The lowest BCUT2D eigenvalue weighted by Crippen LogP contribution is -2.40. The molecule has 2 aromatic rings. The summed E-state index contributed by atoms with van der Waals surface area (Å²) in [5.74, 6) is -0.395. The average Bonchev–Trinajstić information content (AvgIpc) is 3.08. The summed E-state index contributed by atoms with van der Waals surface area (Å²) in [5, 5.41) is 0. The summed E-state index contributed by atoms with van der Waals surface area (Å²) in [6.07, 6.45) is 4.99. The van der Waals surface area contributed by atoms with E-state index in [2.05, 4.69) is 4.98 Å². The zero-order valence-corrected chi connectivity index (χ0v) is 14.5. The van der Waals surface area contributed by atoms with Crippen LogP contribution in [0.15, 0.2) is 30.6 Å². The molecular formula is C18H21FN4O3. The molecule has 7 nitrogen and oxygen atoms in total. The minimum Gasteiger partial charge on any atom is -0.494 e. The summed E-state index contributed by atoms with van der Waals surface area (Å²) in [6.45, 7) is 1.12. The van der Waals surface area contributed by atoms with Crippen molar-refractivity contribution in [1.29, 1.82) is 0 Å². The van der Waals surface area contributed by atoms with Crippen LogP contribution in [0.25, 0.3) is 0 Å². The Balaban J connectivity index is 1.76. The van der Waals surface area contributed by atoms with E-state index in [1.54, 1.807) is 27.9 Å². The maximum atomic E-state index is 13.9. The molecule has 3 rings (SSSR count). The number of carbonyl (C=O) groups is 2. The Morgan fingerprint density at radius 3 is 2.92 bits per heavy atom. The number of carbonyl (C=O) groups excluding carboxylic acids is 2. The molecule has 1 aromatic carbocycles. The SMILES string of the molecule is COc1ccc(C(=O)N2CCC[C@@H](c3nccn3CC(N)=O)C2)cc1F. The van der Waals surface area contributed by atoms with Crippen molar-refractivity contribution < 1.29 is 18.7 Å². The molecule has 1 fully saturated rings. The van der Waals surface area contributed by atoms with Gasteiger partial charge in [-0.2, -0.15) is 0 Å². The van der Waals surface area contributed by atoms with Gasteiger partial charge in [-0.1, -0.05) is 0 Å². The van der Waals surface area contributed by atoms with Crippen molar-refractivity contribution in [2.45, 2.75) is 25.3 Å². The minimum atomic E-state index is -0.566. The van der Waals surface area contributed by atoms with Gasteiger partial charge in [0.25, 0.3) is 5.91 Å². The minimum absolute atomic E-state index is 0.00476. The fourth-order valence-electron chi connectivity index (χ4n) is 3.34. The number of ether oxygens (including phenoxy) is 1. The maximum absolute atomic E-state index is 13.9. The largest absolute Gasteiger partial charge is 0.494 e. The molecule has 2 heterocycles. The topological polar surface area (TPSA) is 90.4 Å². The van der Waals surface area contributed by atoms with Crippen molar-refractivity contribution in [3.8, 4) is 5.75 Å². The molecule has 26 heavy (non-hydrogen) atoms. The van der Waals surface area contributed by atoms with Crippen LogP contribution >= 0.6 is 0 Å². The summed E-state index contributed by atoms with van der Waals surface area (Å²) >= 11 is 0. The molecule has 0 saturated carbocycles. The van der Waals surface area contributed by atoms with Crippen LogP contribution in [0, 0.1) is 5.82 Å². The fraction of sp³-hybridized carbons (Fsp3) is 0.389. The van der Waals surface area contributed by atoms with Crippen molar-refractivity contribution in [1.82, 2.24) is 14.5 Å². The van der Waals surface area contributed by atoms with Crippen molar-refractivity contribution in [3.05, 3.63) is 47.8 Å². The number of hydrogen-bond donors (Lipinski definition) is 1. The number of piperidine rings is 1. The second-order valence-electron chi connectivity index (χ2n) is 6.32. The molecule has 2 amide bonds. The number of primary amides is 1. The highest BCUT2D eigenvalue weighted by atomic mass is 19.1. The molecule has 1 atom stereocenters. The van der Waals surface area contributed by atoms with Gasteiger partial charge in [-0.05, 0) is 31.0 Å². The Morgan fingerprint density at radius 1 is 1.42 bits per heavy atom. The van der Waals surface area contributed by atoms with Gasteiger partial charge in [0, 0.05) is 37.0 Å². The van der Waals surface area contributed by atoms with Gasteiger partial charge in [-0.25, -0.2) is 9.37 Å². The van der Waals surface area contributed by atoms with E-state index in [1.807, 2.05) is 0 Å². The van der Waals surface area contributed by atoms with Crippen LogP contribution < -0.4 is 10.5 Å². The third kappa shape index (κ3) is 3.68. The molecule has 0 bridgehead atoms. The number of nitrogens with two attached hydrogens (primary N) is 1. The Hall–Kier alpha value is -2.90. The van der Waals surface area contributed by atoms with E-state index in [-0.39, 0.29) is 29.7 Å². The van der Waals surface area contributed by atoms with Crippen LogP contribution in [0.5, 0.6) is 5.75 Å². The van der Waals surface area contributed by atoms with Crippen molar-refractivity contribution in [2.75, 3.05) is 20.2 Å². The first-order chi connectivity index (χ1) is 12.5. The number of benzene rings is 1. The maximum Gasteiger partial charge on any atom is 0.253 e. The molecule has 138 valence electrons. The van der Waals surface area contributed by atoms with E-state index >= 15 is 0 Å². The van der Waals surface area contributed by atoms with E-state index in [4.69, 9.17) is 10.5 Å². The van der Waals surface area contributed by atoms with Crippen LogP contribution in [-0.4, -0.2) is 46.5 Å². The van der Waals surface area contributed by atoms with Crippen LogP contribution in [0.2, 0.25) is 0 Å². The Labute approximate surface area is 150 Å². The molecule has 1 aliphatic heterocycles. The molecule has 0 unspecified atom stereocenters. The van der Waals surface area contributed by atoms with Gasteiger partial charge in [0.2, 0.25) is 5.91 Å². The van der Waals surface area contributed by atoms with E-state index in [0.29, 0.717) is 13.1 Å². The lowest BCUT2D eigenvalue weighted by atomic mass is 9.96. The Bertz CT molecular complexity index is 821. The second-order valence-corrected chi connectivity index (χ2v) is 6.32. The third-order valence-electron chi connectivity index (χ3n) is 4.55. The average molecular weight is 360 g/mol. The van der Waals surface area contributed by atoms with Crippen LogP contribution in [-0.2, 0) is 11.3 Å². The zero-order chi connectivity index (χ0) is 18.7. The van der Waals surface area contributed by atoms with E-state index < -0.39 is 11.7 Å². The van der Waals surface area contributed by atoms with Crippen molar-refractivity contribution in [2.24, 2.45) is 5.73 Å². The van der Waals surface area contributed by atoms with E-state index in [1.165, 1.54) is 19.2 Å². The molecule has 2 N–H and O–H groups in total.